The van der Waals surface area contributed by atoms with Crippen molar-refractivity contribution in [3.63, 3.8) is 0 Å². The summed E-state index contributed by atoms with van der Waals surface area (Å²) >= 11 is 1.67. The molecule has 0 aliphatic carbocycles. The second-order valence-corrected chi connectivity index (χ2v) is 6.62. The van der Waals surface area contributed by atoms with Crippen LogP contribution >= 0.6 is 11.8 Å². The number of carbonyl (C=O) groups is 2. The van der Waals surface area contributed by atoms with Crippen LogP contribution in [-0.4, -0.2) is 85.9 Å². The highest BCUT2D eigenvalue weighted by molar-refractivity contribution is 7.99. The van der Waals surface area contributed by atoms with E-state index in [4.69, 9.17) is 5.73 Å². The van der Waals surface area contributed by atoms with Gasteiger partial charge in [-0.1, -0.05) is 0 Å². The molecule has 0 aromatic heterocycles. The first-order valence-electron chi connectivity index (χ1n) is 7.59. The maximum atomic E-state index is 11.8. The number of amides is 1. The highest BCUT2D eigenvalue weighted by Crippen LogP contribution is 2.05. The number of carbonyl (C=O) groups excluding carboxylic acids is 2. The molecular weight excluding hydrogens is 288 g/mol. The van der Waals surface area contributed by atoms with Gasteiger partial charge in [0.25, 0.3) is 0 Å². The monoisotopic (exact) mass is 316 g/mol. The van der Waals surface area contributed by atoms with E-state index in [1.165, 1.54) is 0 Å². The Kier molecular flexibility index (Phi) is 9.65. The fourth-order valence-electron chi connectivity index (χ4n) is 2.11. The summed E-state index contributed by atoms with van der Waals surface area (Å²) in [5.74, 6) is 1.56. The molecule has 6 nitrogen and oxygen atoms in total. The van der Waals surface area contributed by atoms with Gasteiger partial charge in [-0.15, -0.1) is 0 Å². The van der Waals surface area contributed by atoms with Crippen LogP contribution in [0, 0.1) is 0 Å². The zero-order chi connectivity index (χ0) is 15.5. The van der Waals surface area contributed by atoms with Gasteiger partial charge in [-0.25, -0.2) is 0 Å². The van der Waals surface area contributed by atoms with Crippen LogP contribution in [0.3, 0.4) is 0 Å². The standard InChI is InChI=1S/C14H28N4O2S/c1-17-6-8-18(9-7-17)5-4-16-14(20)13(15)3-12-21-11-2-10-19/h10,13H,2-9,11-12,15H2,1H3,(H,16,20). The molecule has 0 bridgehead atoms. The van der Waals surface area contributed by atoms with E-state index in [-0.39, 0.29) is 5.91 Å². The summed E-state index contributed by atoms with van der Waals surface area (Å²) in [5.41, 5.74) is 5.85. The van der Waals surface area contributed by atoms with E-state index >= 15 is 0 Å². The molecule has 7 heteroatoms. The molecule has 1 fully saturated rings. The van der Waals surface area contributed by atoms with Gasteiger partial charge in [-0.05, 0) is 25.0 Å². The highest BCUT2D eigenvalue weighted by atomic mass is 32.2. The highest BCUT2D eigenvalue weighted by Gasteiger charge is 2.15. The number of likely N-dealkylation sites (N-methyl/N-ethyl adjacent to an activating group) is 1. The Hall–Kier alpha value is -0.630. The lowest BCUT2D eigenvalue weighted by molar-refractivity contribution is -0.122. The van der Waals surface area contributed by atoms with Crippen molar-refractivity contribution in [2.45, 2.75) is 18.9 Å². The summed E-state index contributed by atoms with van der Waals surface area (Å²) < 4.78 is 0. The summed E-state index contributed by atoms with van der Waals surface area (Å²) in [6, 6.07) is -0.443. The lowest BCUT2D eigenvalue weighted by atomic mass is 10.2. The average Bonchev–Trinajstić information content (AvgIpc) is 2.48. The predicted octanol–water partition coefficient (Wildman–Crippen LogP) is -0.610. The van der Waals surface area contributed by atoms with E-state index < -0.39 is 6.04 Å². The molecule has 1 saturated heterocycles. The number of nitrogens with one attached hydrogen (secondary N) is 1. The van der Waals surface area contributed by atoms with Crippen molar-refractivity contribution in [2.24, 2.45) is 5.73 Å². The summed E-state index contributed by atoms with van der Waals surface area (Å²) in [4.78, 5) is 26.7. The molecule has 1 amide bonds. The molecule has 122 valence electrons. The Morgan fingerprint density at radius 3 is 2.71 bits per heavy atom. The van der Waals surface area contributed by atoms with Crippen molar-refractivity contribution < 1.29 is 9.59 Å². The molecule has 0 radical (unpaired) electrons. The number of rotatable bonds is 10. The first-order chi connectivity index (χ1) is 10.1. The van der Waals surface area contributed by atoms with Crippen molar-refractivity contribution in [3.05, 3.63) is 0 Å². The van der Waals surface area contributed by atoms with E-state index in [0.717, 1.165) is 50.5 Å². The van der Waals surface area contributed by atoms with E-state index in [1.54, 1.807) is 11.8 Å². The molecule has 1 unspecified atom stereocenters. The van der Waals surface area contributed by atoms with Crippen molar-refractivity contribution in [1.82, 2.24) is 15.1 Å². The molecule has 0 aromatic rings. The smallest absolute Gasteiger partial charge is 0.236 e. The van der Waals surface area contributed by atoms with Gasteiger partial charge in [0.1, 0.15) is 6.29 Å². The summed E-state index contributed by atoms with van der Waals surface area (Å²) in [6.07, 6.45) is 2.14. The third-order valence-corrected chi connectivity index (χ3v) is 4.66. The van der Waals surface area contributed by atoms with Gasteiger partial charge >= 0.3 is 0 Å². The predicted molar refractivity (Wildman–Crippen MR) is 87.5 cm³/mol. The molecule has 21 heavy (non-hydrogen) atoms. The normalized spacial score (nSPS) is 18.4. The van der Waals surface area contributed by atoms with E-state index in [9.17, 15) is 9.59 Å². The lowest BCUT2D eigenvalue weighted by Gasteiger charge is -2.32. The summed E-state index contributed by atoms with van der Waals surface area (Å²) in [7, 11) is 2.13. The minimum atomic E-state index is -0.443. The molecular formula is C14H28N4O2S. The number of hydrogen-bond donors (Lipinski definition) is 2. The zero-order valence-electron chi connectivity index (χ0n) is 12.9. The molecule has 1 heterocycles. The quantitative estimate of drug-likeness (QED) is 0.413. The maximum Gasteiger partial charge on any atom is 0.236 e. The number of piperazine rings is 1. The Balaban J connectivity index is 2.02. The minimum Gasteiger partial charge on any atom is -0.353 e. The second kappa shape index (κ2) is 11.0. The molecule has 0 spiro atoms. The zero-order valence-corrected chi connectivity index (χ0v) is 13.7. The molecule has 0 aromatic carbocycles. The van der Waals surface area contributed by atoms with Crippen LogP contribution in [-0.2, 0) is 9.59 Å². The van der Waals surface area contributed by atoms with Gasteiger partial charge in [0.2, 0.25) is 5.91 Å². The maximum absolute atomic E-state index is 11.8. The molecule has 1 aliphatic rings. The third kappa shape index (κ3) is 8.40. The fourth-order valence-corrected chi connectivity index (χ4v) is 3.00. The van der Waals surface area contributed by atoms with Gasteiger partial charge in [0, 0.05) is 45.7 Å². The Morgan fingerprint density at radius 1 is 1.33 bits per heavy atom. The number of nitrogens with zero attached hydrogens (tertiary/aromatic N) is 2. The van der Waals surface area contributed by atoms with Crippen LogP contribution in [0.4, 0.5) is 0 Å². The Labute approximate surface area is 131 Å². The summed E-state index contributed by atoms with van der Waals surface area (Å²) in [6.45, 7) is 5.85. The van der Waals surface area contributed by atoms with Crippen LogP contribution in [0.25, 0.3) is 0 Å². The van der Waals surface area contributed by atoms with Gasteiger partial charge in [-0.2, -0.15) is 11.8 Å². The largest absolute Gasteiger partial charge is 0.353 e. The molecule has 0 saturated carbocycles. The van der Waals surface area contributed by atoms with E-state index in [0.29, 0.717) is 19.4 Å². The van der Waals surface area contributed by atoms with Crippen molar-refractivity contribution in [1.29, 1.82) is 0 Å². The van der Waals surface area contributed by atoms with Crippen molar-refractivity contribution in [3.8, 4) is 0 Å². The second-order valence-electron chi connectivity index (χ2n) is 5.40. The van der Waals surface area contributed by atoms with Crippen LogP contribution in [0.2, 0.25) is 0 Å². The minimum absolute atomic E-state index is 0.0693. The number of thioether (sulfide) groups is 1. The first-order valence-corrected chi connectivity index (χ1v) is 8.74. The summed E-state index contributed by atoms with van der Waals surface area (Å²) in [5, 5.41) is 2.91. The molecule has 1 aliphatic heterocycles. The van der Waals surface area contributed by atoms with E-state index in [2.05, 4.69) is 22.2 Å². The SMILES string of the molecule is CN1CCN(CCNC(=O)C(N)CCSCCC=O)CC1. The number of hydrogen-bond acceptors (Lipinski definition) is 6. The molecule has 3 N–H and O–H groups in total. The molecule has 1 rings (SSSR count). The van der Waals surface area contributed by atoms with Crippen LogP contribution < -0.4 is 11.1 Å². The van der Waals surface area contributed by atoms with Crippen LogP contribution in [0.5, 0.6) is 0 Å². The Bertz CT molecular complexity index is 309. The van der Waals surface area contributed by atoms with Crippen molar-refractivity contribution in [2.75, 3.05) is 57.8 Å². The average molecular weight is 316 g/mol. The lowest BCUT2D eigenvalue weighted by Crippen LogP contribution is -2.48. The van der Waals surface area contributed by atoms with Crippen molar-refractivity contribution >= 4 is 24.0 Å². The first kappa shape index (κ1) is 18.4. The number of aldehydes is 1. The van der Waals surface area contributed by atoms with Gasteiger partial charge in [0.05, 0.1) is 6.04 Å². The fraction of sp³-hybridized carbons (Fsp3) is 0.857. The number of nitrogens with two attached hydrogens (primary N) is 1. The van der Waals surface area contributed by atoms with Gasteiger partial charge < -0.3 is 20.7 Å². The van der Waals surface area contributed by atoms with Gasteiger partial charge in [-0.3, -0.25) is 9.69 Å². The van der Waals surface area contributed by atoms with Crippen LogP contribution in [0.15, 0.2) is 0 Å². The Morgan fingerprint density at radius 2 is 2.05 bits per heavy atom. The van der Waals surface area contributed by atoms with E-state index in [1.807, 2.05) is 0 Å². The molecule has 1 atom stereocenters. The van der Waals surface area contributed by atoms with Gasteiger partial charge in [0.15, 0.2) is 0 Å². The third-order valence-electron chi connectivity index (χ3n) is 3.61. The van der Waals surface area contributed by atoms with Crippen LogP contribution in [0.1, 0.15) is 12.8 Å². The topological polar surface area (TPSA) is 78.7 Å².